The van der Waals surface area contributed by atoms with E-state index < -0.39 is 0 Å². The maximum absolute atomic E-state index is 5.84. The molecular formula is C8H18ClN. The van der Waals surface area contributed by atoms with Crippen molar-refractivity contribution in [1.29, 1.82) is 0 Å². The summed E-state index contributed by atoms with van der Waals surface area (Å²) >= 11 is 5.84. The Balaban J connectivity index is 3.34. The minimum atomic E-state index is 0.315. The van der Waals surface area contributed by atoms with E-state index in [0.29, 0.717) is 11.3 Å². The van der Waals surface area contributed by atoms with Crippen LogP contribution in [-0.4, -0.2) is 30.9 Å². The van der Waals surface area contributed by atoms with Crippen molar-refractivity contribution < 1.29 is 0 Å². The summed E-state index contributed by atoms with van der Waals surface area (Å²) in [4.78, 5) is 2.20. The van der Waals surface area contributed by atoms with Gasteiger partial charge in [-0.25, -0.2) is 0 Å². The largest absolute Gasteiger partial charge is 0.309 e. The topological polar surface area (TPSA) is 3.24 Å². The molecule has 0 heterocycles. The molecule has 0 spiro atoms. The molecular weight excluding hydrogens is 146 g/mol. The summed E-state index contributed by atoms with van der Waals surface area (Å²) in [6.45, 7) is 5.42. The van der Waals surface area contributed by atoms with Crippen LogP contribution in [0.4, 0.5) is 0 Å². The van der Waals surface area contributed by atoms with E-state index in [0.717, 1.165) is 13.0 Å². The Morgan fingerprint density at radius 2 is 1.80 bits per heavy atom. The molecule has 0 rings (SSSR count). The van der Waals surface area contributed by atoms with Crippen molar-refractivity contribution in [3.8, 4) is 0 Å². The van der Waals surface area contributed by atoms with Gasteiger partial charge in [0.05, 0.1) is 0 Å². The monoisotopic (exact) mass is 163 g/mol. The van der Waals surface area contributed by atoms with Crippen LogP contribution in [0.15, 0.2) is 0 Å². The molecule has 0 bridgehead atoms. The van der Waals surface area contributed by atoms with Gasteiger partial charge in [0, 0.05) is 11.9 Å². The van der Waals surface area contributed by atoms with Crippen molar-refractivity contribution >= 4 is 11.6 Å². The zero-order valence-electron chi connectivity index (χ0n) is 7.39. The van der Waals surface area contributed by atoms with Gasteiger partial charge in [0.25, 0.3) is 0 Å². The first kappa shape index (κ1) is 10.2. The van der Waals surface area contributed by atoms with Gasteiger partial charge >= 0.3 is 0 Å². The lowest BCUT2D eigenvalue weighted by Gasteiger charge is -2.17. The van der Waals surface area contributed by atoms with Crippen LogP contribution in [0, 0.1) is 5.92 Å². The Morgan fingerprint density at radius 1 is 1.30 bits per heavy atom. The van der Waals surface area contributed by atoms with Gasteiger partial charge in [-0.2, -0.15) is 0 Å². The quantitative estimate of drug-likeness (QED) is 0.575. The van der Waals surface area contributed by atoms with Gasteiger partial charge in [0.2, 0.25) is 0 Å². The number of alkyl halides is 1. The second kappa shape index (κ2) is 4.97. The third kappa shape index (κ3) is 6.37. The van der Waals surface area contributed by atoms with E-state index in [1.807, 2.05) is 6.92 Å². The molecule has 62 valence electrons. The first-order valence-corrected chi connectivity index (χ1v) is 4.24. The second-order valence-corrected chi connectivity index (χ2v) is 4.13. The fraction of sp³-hybridized carbons (Fsp3) is 1.00. The highest BCUT2D eigenvalue weighted by molar-refractivity contribution is 6.20. The normalized spacial score (nSPS) is 17.4. The summed E-state index contributed by atoms with van der Waals surface area (Å²) in [5, 5.41) is 0.315. The zero-order chi connectivity index (χ0) is 8.15. The van der Waals surface area contributed by atoms with Crippen LogP contribution in [0.3, 0.4) is 0 Å². The number of nitrogens with zero attached hydrogens (tertiary/aromatic N) is 1. The van der Waals surface area contributed by atoms with E-state index in [4.69, 9.17) is 11.6 Å². The molecule has 1 nitrogen and oxygen atoms in total. The third-order valence-corrected chi connectivity index (χ3v) is 1.58. The van der Waals surface area contributed by atoms with Crippen LogP contribution >= 0.6 is 11.6 Å². The Morgan fingerprint density at radius 3 is 2.10 bits per heavy atom. The molecule has 0 aromatic rings. The first-order valence-electron chi connectivity index (χ1n) is 3.81. The van der Waals surface area contributed by atoms with E-state index >= 15 is 0 Å². The molecule has 0 radical (unpaired) electrons. The smallest absolute Gasteiger partial charge is 0.0310 e. The Labute approximate surface area is 69.4 Å². The predicted molar refractivity (Wildman–Crippen MR) is 47.7 cm³/mol. The van der Waals surface area contributed by atoms with Crippen molar-refractivity contribution in [2.75, 3.05) is 20.6 Å². The molecule has 0 aromatic heterocycles. The Kier molecular flexibility index (Phi) is 5.10. The minimum absolute atomic E-state index is 0.315. The van der Waals surface area contributed by atoms with Crippen molar-refractivity contribution in [3.63, 3.8) is 0 Å². The van der Waals surface area contributed by atoms with Gasteiger partial charge in [0.1, 0.15) is 0 Å². The standard InChI is InChI=1S/C8H18ClN/c1-7(5-8(2)9)6-10(3)4/h7-8H,5-6H2,1-4H3. The number of hydrogen-bond donors (Lipinski definition) is 0. The molecule has 0 aromatic carbocycles. The molecule has 0 aliphatic carbocycles. The molecule has 0 amide bonds. The summed E-state index contributed by atoms with van der Waals surface area (Å²) in [5.74, 6) is 0.711. The Bertz CT molecular complexity index is 71.3. The van der Waals surface area contributed by atoms with Crippen molar-refractivity contribution in [2.24, 2.45) is 5.92 Å². The lowest BCUT2D eigenvalue weighted by Crippen LogP contribution is -2.21. The van der Waals surface area contributed by atoms with E-state index in [2.05, 4.69) is 25.9 Å². The van der Waals surface area contributed by atoms with E-state index in [-0.39, 0.29) is 0 Å². The highest BCUT2D eigenvalue weighted by Gasteiger charge is 2.06. The predicted octanol–water partition coefficient (Wildman–Crippen LogP) is 2.20. The molecule has 2 heteroatoms. The van der Waals surface area contributed by atoms with Gasteiger partial charge in [0.15, 0.2) is 0 Å². The lowest BCUT2D eigenvalue weighted by molar-refractivity contribution is 0.327. The molecule has 0 saturated heterocycles. The second-order valence-electron chi connectivity index (χ2n) is 3.38. The average Bonchev–Trinajstić information content (AvgIpc) is 1.58. The molecule has 0 fully saturated rings. The lowest BCUT2D eigenvalue weighted by atomic mass is 10.1. The highest BCUT2D eigenvalue weighted by Crippen LogP contribution is 2.10. The summed E-state index contributed by atoms with van der Waals surface area (Å²) in [7, 11) is 4.19. The molecule has 0 aliphatic rings. The average molecular weight is 164 g/mol. The number of rotatable bonds is 4. The molecule has 0 saturated carbocycles. The molecule has 0 aliphatic heterocycles. The fourth-order valence-corrected chi connectivity index (χ4v) is 1.56. The first-order chi connectivity index (χ1) is 4.52. The van der Waals surface area contributed by atoms with Crippen molar-refractivity contribution in [3.05, 3.63) is 0 Å². The number of hydrogen-bond acceptors (Lipinski definition) is 1. The number of halogens is 1. The summed E-state index contributed by atoms with van der Waals surface area (Å²) in [5.41, 5.74) is 0. The van der Waals surface area contributed by atoms with Crippen molar-refractivity contribution in [1.82, 2.24) is 4.90 Å². The highest BCUT2D eigenvalue weighted by atomic mass is 35.5. The maximum Gasteiger partial charge on any atom is 0.0310 e. The SMILES string of the molecule is CC(Cl)CC(C)CN(C)C. The van der Waals surface area contributed by atoms with E-state index in [1.54, 1.807) is 0 Å². The van der Waals surface area contributed by atoms with Gasteiger partial charge in [-0.15, -0.1) is 11.6 Å². The van der Waals surface area contributed by atoms with Crippen LogP contribution < -0.4 is 0 Å². The molecule has 2 unspecified atom stereocenters. The fourth-order valence-electron chi connectivity index (χ4n) is 1.25. The molecule has 10 heavy (non-hydrogen) atoms. The van der Waals surface area contributed by atoms with Gasteiger partial charge < -0.3 is 4.90 Å². The van der Waals surface area contributed by atoms with Gasteiger partial charge in [-0.3, -0.25) is 0 Å². The Hall–Kier alpha value is 0.250. The van der Waals surface area contributed by atoms with Gasteiger partial charge in [-0.05, 0) is 33.4 Å². The minimum Gasteiger partial charge on any atom is -0.309 e. The third-order valence-electron chi connectivity index (χ3n) is 1.40. The molecule has 2 atom stereocenters. The summed E-state index contributed by atoms with van der Waals surface area (Å²) < 4.78 is 0. The van der Waals surface area contributed by atoms with Crippen molar-refractivity contribution in [2.45, 2.75) is 25.6 Å². The van der Waals surface area contributed by atoms with Gasteiger partial charge in [-0.1, -0.05) is 6.92 Å². The summed E-state index contributed by atoms with van der Waals surface area (Å²) in [6, 6.07) is 0. The van der Waals surface area contributed by atoms with E-state index in [1.165, 1.54) is 0 Å². The zero-order valence-corrected chi connectivity index (χ0v) is 8.15. The van der Waals surface area contributed by atoms with Crippen LogP contribution in [0.25, 0.3) is 0 Å². The van der Waals surface area contributed by atoms with E-state index in [9.17, 15) is 0 Å². The van der Waals surface area contributed by atoms with Crippen LogP contribution in [0.1, 0.15) is 20.3 Å². The van der Waals surface area contributed by atoms with Crippen LogP contribution in [-0.2, 0) is 0 Å². The summed E-state index contributed by atoms with van der Waals surface area (Å²) in [6.07, 6.45) is 1.11. The molecule has 0 N–H and O–H groups in total. The van der Waals surface area contributed by atoms with Crippen LogP contribution in [0.5, 0.6) is 0 Å². The van der Waals surface area contributed by atoms with Crippen LogP contribution in [0.2, 0.25) is 0 Å². The maximum atomic E-state index is 5.84.